The van der Waals surface area contributed by atoms with Crippen molar-refractivity contribution in [3.63, 3.8) is 0 Å². The maximum atomic E-state index is 3.22. The van der Waals surface area contributed by atoms with E-state index >= 15 is 0 Å². The molecule has 1 nitrogen and oxygen atoms in total. The van der Waals surface area contributed by atoms with Crippen LogP contribution in [0.1, 0.15) is 12.8 Å². The number of nitrogens with one attached hydrogen (secondary N) is 1. The molecule has 1 aliphatic heterocycles. The van der Waals surface area contributed by atoms with Crippen molar-refractivity contribution < 1.29 is 0 Å². The Morgan fingerprint density at radius 3 is 1.67 bits per heavy atom. The van der Waals surface area contributed by atoms with Crippen LogP contribution in [0.3, 0.4) is 0 Å². The maximum Gasteiger partial charge on any atom is -0.00484 e. The first-order valence-corrected chi connectivity index (χ1v) is 2.21. The van der Waals surface area contributed by atoms with Crippen molar-refractivity contribution >= 4 is 9.90 Å². The van der Waals surface area contributed by atoms with Crippen LogP contribution in [0.2, 0.25) is 0 Å². The highest BCUT2D eigenvalue weighted by atomic mass is 31.0. The molecule has 2 heteroatoms. The molecule has 0 saturated carbocycles. The highest BCUT2D eigenvalue weighted by molar-refractivity contribution is 6.92. The van der Waals surface area contributed by atoms with Gasteiger partial charge in [0.2, 0.25) is 0 Å². The van der Waals surface area contributed by atoms with Gasteiger partial charge in [0, 0.05) is 0 Å². The third-order valence-electron chi connectivity index (χ3n) is 0.957. The zero-order valence-corrected chi connectivity index (χ0v) is 6.33. The first-order chi connectivity index (χ1) is 2.50. The van der Waals surface area contributed by atoms with Crippen LogP contribution in [0.4, 0.5) is 0 Å². The highest BCUT2D eigenvalue weighted by Gasteiger charge is 1.93. The van der Waals surface area contributed by atoms with Crippen LogP contribution < -0.4 is 5.32 Å². The van der Waals surface area contributed by atoms with Crippen molar-refractivity contribution in [3.8, 4) is 0 Å². The SMILES string of the molecule is C1CCNC1.[PH4+]. The van der Waals surface area contributed by atoms with Crippen LogP contribution in [0.25, 0.3) is 0 Å². The molecule has 1 aliphatic rings. The third kappa shape index (κ3) is 1.74. The van der Waals surface area contributed by atoms with Crippen LogP contribution >= 0.6 is 9.90 Å². The minimum atomic E-state index is 0. The van der Waals surface area contributed by atoms with Crippen LogP contribution in [0.15, 0.2) is 0 Å². The number of rotatable bonds is 0. The van der Waals surface area contributed by atoms with Gasteiger partial charge in [0.1, 0.15) is 0 Å². The fraction of sp³-hybridized carbons (Fsp3) is 1.00. The fourth-order valence-corrected chi connectivity index (χ4v) is 0.625. The quantitative estimate of drug-likeness (QED) is 0.434. The van der Waals surface area contributed by atoms with Gasteiger partial charge in [0.15, 0.2) is 0 Å². The number of hydrogen-bond acceptors (Lipinski definition) is 1. The molecule has 0 amide bonds. The van der Waals surface area contributed by atoms with Crippen molar-refractivity contribution in [3.05, 3.63) is 0 Å². The Bertz CT molecular complexity index is 19.1. The van der Waals surface area contributed by atoms with Gasteiger partial charge in [-0.3, -0.25) is 0 Å². The summed E-state index contributed by atoms with van der Waals surface area (Å²) in [6.45, 7) is 2.50. The average molecular weight is 106 g/mol. The molecular weight excluding hydrogens is 93.0 g/mol. The van der Waals surface area contributed by atoms with Gasteiger partial charge in [-0.1, -0.05) is 0 Å². The normalized spacial score (nSPS) is 20.0. The molecule has 0 aliphatic carbocycles. The summed E-state index contributed by atoms with van der Waals surface area (Å²) < 4.78 is 0. The summed E-state index contributed by atoms with van der Waals surface area (Å²) in [6.07, 6.45) is 2.78. The molecule has 6 heavy (non-hydrogen) atoms. The second-order valence-electron chi connectivity index (χ2n) is 1.46. The lowest BCUT2D eigenvalue weighted by Gasteiger charge is -1.76. The van der Waals surface area contributed by atoms with E-state index in [1.54, 1.807) is 0 Å². The Morgan fingerprint density at radius 1 is 1.00 bits per heavy atom. The van der Waals surface area contributed by atoms with E-state index in [9.17, 15) is 0 Å². The molecule has 1 saturated heterocycles. The molecule has 1 unspecified atom stereocenters. The van der Waals surface area contributed by atoms with Crippen LogP contribution in [-0.2, 0) is 0 Å². The zero-order chi connectivity index (χ0) is 3.54. The average Bonchev–Trinajstić information content (AvgIpc) is 1.76. The van der Waals surface area contributed by atoms with Crippen molar-refractivity contribution in [2.24, 2.45) is 0 Å². The third-order valence-corrected chi connectivity index (χ3v) is 0.957. The Hall–Kier alpha value is 0.390. The summed E-state index contributed by atoms with van der Waals surface area (Å²) in [7, 11) is 0. The van der Waals surface area contributed by atoms with E-state index in [0.717, 1.165) is 0 Å². The lowest BCUT2D eigenvalue weighted by atomic mass is 10.4. The minimum Gasteiger partial charge on any atom is -0.317 e. The van der Waals surface area contributed by atoms with Gasteiger partial charge in [-0.05, 0) is 35.8 Å². The van der Waals surface area contributed by atoms with E-state index in [2.05, 4.69) is 5.32 Å². The van der Waals surface area contributed by atoms with E-state index in [4.69, 9.17) is 0 Å². The smallest absolute Gasteiger partial charge is 0.00484 e. The van der Waals surface area contributed by atoms with Crippen LogP contribution in [0.5, 0.6) is 0 Å². The molecule has 0 spiro atoms. The fourth-order valence-electron chi connectivity index (χ4n) is 0.625. The molecule has 1 atom stereocenters. The Balaban J connectivity index is 0.000000250. The lowest BCUT2D eigenvalue weighted by molar-refractivity contribution is 0.857. The van der Waals surface area contributed by atoms with Crippen molar-refractivity contribution in [2.75, 3.05) is 13.1 Å². The highest BCUT2D eigenvalue weighted by Crippen LogP contribution is 1.90. The molecule has 0 radical (unpaired) electrons. The van der Waals surface area contributed by atoms with Gasteiger partial charge in [-0.15, -0.1) is 0 Å². The van der Waals surface area contributed by atoms with E-state index in [0.29, 0.717) is 0 Å². The van der Waals surface area contributed by atoms with Gasteiger partial charge in [0.25, 0.3) is 0 Å². The Kier molecular flexibility index (Phi) is 3.81. The van der Waals surface area contributed by atoms with Crippen molar-refractivity contribution in [1.82, 2.24) is 5.32 Å². The number of hydrogen-bond donors (Lipinski definition) is 1. The molecule has 0 aromatic rings. The monoisotopic (exact) mass is 106 g/mol. The minimum absolute atomic E-state index is 0. The first kappa shape index (κ1) is 6.39. The van der Waals surface area contributed by atoms with Gasteiger partial charge in [-0.2, -0.15) is 0 Å². The first-order valence-electron chi connectivity index (χ1n) is 2.21. The Morgan fingerprint density at radius 2 is 1.50 bits per heavy atom. The summed E-state index contributed by atoms with van der Waals surface area (Å²) in [6, 6.07) is 0. The molecule has 0 bridgehead atoms. The molecular formula is C4H13NP+. The van der Waals surface area contributed by atoms with Crippen molar-refractivity contribution in [2.45, 2.75) is 12.8 Å². The predicted octanol–water partition coefficient (Wildman–Crippen LogP) is 0.160. The molecule has 1 N–H and O–H groups in total. The molecule has 0 aromatic carbocycles. The summed E-state index contributed by atoms with van der Waals surface area (Å²) >= 11 is 0. The molecule has 1 heterocycles. The van der Waals surface area contributed by atoms with Gasteiger partial charge in [-0.25, -0.2) is 0 Å². The largest absolute Gasteiger partial charge is 0.317 e. The molecule has 1 rings (SSSR count). The molecule has 0 aromatic heterocycles. The van der Waals surface area contributed by atoms with E-state index in [1.165, 1.54) is 25.9 Å². The predicted molar refractivity (Wildman–Crippen MR) is 34.6 cm³/mol. The summed E-state index contributed by atoms with van der Waals surface area (Å²) in [5.74, 6) is 0. The van der Waals surface area contributed by atoms with Gasteiger partial charge >= 0.3 is 0 Å². The standard InChI is InChI=1S/C4H9N.H3P/c1-2-4-5-3-1;/h5H,1-4H2;1H3/p+1. The summed E-state index contributed by atoms with van der Waals surface area (Å²) in [5.41, 5.74) is 0. The lowest BCUT2D eigenvalue weighted by Crippen LogP contribution is -2.03. The van der Waals surface area contributed by atoms with E-state index in [1.807, 2.05) is 0 Å². The second kappa shape index (κ2) is 3.58. The van der Waals surface area contributed by atoms with Gasteiger partial charge < -0.3 is 5.32 Å². The molecule has 38 valence electrons. The van der Waals surface area contributed by atoms with E-state index < -0.39 is 0 Å². The van der Waals surface area contributed by atoms with Gasteiger partial charge in [0.05, 0.1) is 0 Å². The zero-order valence-electron chi connectivity index (χ0n) is 4.33. The van der Waals surface area contributed by atoms with Crippen LogP contribution in [-0.4, -0.2) is 13.1 Å². The second-order valence-corrected chi connectivity index (χ2v) is 1.46. The summed E-state index contributed by atoms with van der Waals surface area (Å²) in [4.78, 5) is 0. The van der Waals surface area contributed by atoms with Crippen molar-refractivity contribution in [1.29, 1.82) is 0 Å². The van der Waals surface area contributed by atoms with Crippen LogP contribution in [0, 0.1) is 0 Å². The van der Waals surface area contributed by atoms with E-state index in [-0.39, 0.29) is 9.90 Å². The summed E-state index contributed by atoms with van der Waals surface area (Å²) in [5, 5.41) is 3.22. The maximum absolute atomic E-state index is 3.22. The topological polar surface area (TPSA) is 12.0 Å². The Labute approximate surface area is 42.1 Å². The molecule has 1 fully saturated rings.